The van der Waals surface area contributed by atoms with E-state index in [0.29, 0.717) is 23.2 Å². The van der Waals surface area contributed by atoms with E-state index >= 15 is 0 Å². The van der Waals surface area contributed by atoms with E-state index in [0.717, 1.165) is 16.5 Å². The van der Waals surface area contributed by atoms with Crippen molar-refractivity contribution in [3.8, 4) is 0 Å². The molecule has 2 unspecified atom stereocenters. The molecule has 0 bridgehead atoms. The molecule has 0 aliphatic heterocycles. The lowest BCUT2D eigenvalue weighted by Gasteiger charge is -2.15. The van der Waals surface area contributed by atoms with Gasteiger partial charge in [-0.1, -0.05) is 25.1 Å². The Kier molecular flexibility index (Phi) is 5.53. The van der Waals surface area contributed by atoms with Crippen molar-refractivity contribution in [1.29, 1.82) is 0 Å². The zero-order valence-corrected chi connectivity index (χ0v) is 16.5. The summed E-state index contributed by atoms with van der Waals surface area (Å²) >= 11 is 0. The van der Waals surface area contributed by atoms with E-state index in [-0.39, 0.29) is 17.3 Å². The molecule has 1 fully saturated rings. The highest BCUT2D eigenvalue weighted by molar-refractivity contribution is 7.89. The van der Waals surface area contributed by atoms with E-state index in [4.69, 9.17) is 4.42 Å². The second-order valence-electron chi connectivity index (χ2n) is 7.01. The summed E-state index contributed by atoms with van der Waals surface area (Å²) in [6, 6.07) is 10.4. The molecule has 1 aliphatic carbocycles. The minimum Gasteiger partial charge on any atom is -0.461 e. The number of hydrogen-bond donors (Lipinski definition) is 1. The van der Waals surface area contributed by atoms with Crippen molar-refractivity contribution in [3.05, 3.63) is 59.6 Å². The van der Waals surface area contributed by atoms with Gasteiger partial charge in [0.05, 0.1) is 4.90 Å². The maximum Gasteiger partial charge on any atom is 0.244 e. The number of nitrogens with zero attached hydrogens (tertiary/aromatic N) is 1. The summed E-state index contributed by atoms with van der Waals surface area (Å²) in [6.45, 7) is 2.31. The van der Waals surface area contributed by atoms with Crippen molar-refractivity contribution in [2.45, 2.75) is 30.7 Å². The van der Waals surface area contributed by atoms with Gasteiger partial charge in [-0.2, -0.15) is 0 Å². The Balaban J connectivity index is 1.62. The topological polar surface area (TPSA) is 79.6 Å². The quantitative estimate of drug-likeness (QED) is 0.740. The first-order valence-corrected chi connectivity index (χ1v) is 10.3. The average Bonchev–Trinajstić information content (AvgIpc) is 3.18. The van der Waals surface area contributed by atoms with Gasteiger partial charge in [0.25, 0.3) is 0 Å². The highest BCUT2D eigenvalue weighted by Gasteiger charge is 2.36. The smallest absolute Gasteiger partial charge is 0.244 e. The van der Waals surface area contributed by atoms with Gasteiger partial charge in [-0.05, 0) is 42.2 Å². The van der Waals surface area contributed by atoms with Crippen LogP contribution >= 0.6 is 0 Å². The number of carbonyl (C=O) groups excluding carboxylic acids is 1. The number of amides is 1. The van der Waals surface area contributed by atoms with Crippen LogP contribution in [0.2, 0.25) is 0 Å². The summed E-state index contributed by atoms with van der Waals surface area (Å²) in [7, 11) is -0.607. The molecule has 1 aromatic heterocycles. The lowest BCUT2D eigenvalue weighted by molar-refractivity contribution is -0.116. The summed E-state index contributed by atoms with van der Waals surface area (Å²) in [5.41, 5.74) is 0.538. The minimum absolute atomic E-state index is 0.120. The number of benzene rings is 1. The third kappa shape index (κ3) is 4.48. The van der Waals surface area contributed by atoms with Crippen molar-refractivity contribution >= 4 is 22.0 Å². The second kappa shape index (κ2) is 7.70. The van der Waals surface area contributed by atoms with E-state index in [1.54, 1.807) is 24.3 Å². The number of nitrogens with one attached hydrogen (secondary N) is 1. The Morgan fingerprint density at radius 1 is 1.26 bits per heavy atom. The molecule has 1 aromatic carbocycles. The molecule has 1 aliphatic rings. The summed E-state index contributed by atoms with van der Waals surface area (Å²) in [5, 5.41) is 2.72. The SMILES string of the molecule is CC1CC1c1ccc(/C=C/C(=O)NCc2ccccc2S(=O)(=O)N(C)C)o1. The van der Waals surface area contributed by atoms with Gasteiger partial charge in [0.15, 0.2) is 0 Å². The van der Waals surface area contributed by atoms with Crippen LogP contribution in [-0.4, -0.2) is 32.7 Å². The van der Waals surface area contributed by atoms with Crippen LogP contribution in [-0.2, 0) is 21.4 Å². The van der Waals surface area contributed by atoms with Crippen LogP contribution in [0.4, 0.5) is 0 Å². The van der Waals surface area contributed by atoms with Crippen LogP contribution in [0.5, 0.6) is 0 Å². The molecule has 27 heavy (non-hydrogen) atoms. The molecule has 3 rings (SSSR count). The van der Waals surface area contributed by atoms with Crippen LogP contribution in [0, 0.1) is 5.92 Å². The minimum atomic E-state index is -3.57. The lowest BCUT2D eigenvalue weighted by Crippen LogP contribution is -2.26. The Hall–Kier alpha value is -2.38. The van der Waals surface area contributed by atoms with Crippen molar-refractivity contribution in [2.75, 3.05) is 14.1 Å². The van der Waals surface area contributed by atoms with Gasteiger partial charge in [0, 0.05) is 32.6 Å². The van der Waals surface area contributed by atoms with Crippen LogP contribution in [0.1, 0.15) is 36.3 Å². The first-order chi connectivity index (χ1) is 12.8. The van der Waals surface area contributed by atoms with Gasteiger partial charge < -0.3 is 9.73 Å². The maximum atomic E-state index is 12.4. The van der Waals surface area contributed by atoms with Crippen LogP contribution in [0.15, 0.2) is 51.8 Å². The number of carbonyl (C=O) groups is 1. The Bertz CT molecular complexity index is 960. The number of hydrogen-bond acceptors (Lipinski definition) is 4. The number of sulfonamides is 1. The monoisotopic (exact) mass is 388 g/mol. The van der Waals surface area contributed by atoms with E-state index in [1.165, 1.54) is 26.2 Å². The first-order valence-electron chi connectivity index (χ1n) is 8.85. The van der Waals surface area contributed by atoms with Crippen molar-refractivity contribution in [3.63, 3.8) is 0 Å². The first kappa shape index (κ1) is 19.4. The zero-order valence-electron chi connectivity index (χ0n) is 15.7. The van der Waals surface area contributed by atoms with E-state index in [1.807, 2.05) is 12.1 Å². The molecule has 1 N–H and O–H groups in total. The van der Waals surface area contributed by atoms with Gasteiger partial charge in [-0.25, -0.2) is 12.7 Å². The maximum absolute atomic E-state index is 12.4. The van der Waals surface area contributed by atoms with Gasteiger partial charge in [0.1, 0.15) is 11.5 Å². The van der Waals surface area contributed by atoms with Crippen LogP contribution < -0.4 is 5.32 Å². The second-order valence-corrected chi connectivity index (χ2v) is 9.13. The highest BCUT2D eigenvalue weighted by Crippen LogP contribution is 2.47. The lowest BCUT2D eigenvalue weighted by atomic mass is 10.2. The van der Waals surface area contributed by atoms with Crippen molar-refractivity contribution in [1.82, 2.24) is 9.62 Å². The van der Waals surface area contributed by atoms with E-state index in [2.05, 4.69) is 12.2 Å². The normalized spacial score (nSPS) is 19.6. The van der Waals surface area contributed by atoms with Gasteiger partial charge >= 0.3 is 0 Å². The molecule has 7 heteroatoms. The Labute approximate surface area is 159 Å². The van der Waals surface area contributed by atoms with Gasteiger partial charge in [-0.3, -0.25) is 4.79 Å². The largest absolute Gasteiger partial charge is 0.461 e. The molecule has 2 atom stereocenters. The fraction of sp³-hybridized carbons (Fsp3) is 0.350. The molecular weight excluding hydrogens is 364 g/mol. The summed E-state index contributed by atoms with van der Waals surface area (Å²) < 4.78 is 31.6. The molecule has 0 spiro atoms. The highest BCUT2D eigenvalue weighted by atomic mass is 32.2. The van der Waals surface area contributed by atoms with E-state index < -0.39 is 10.0 Å². The average molecular weight is 388 g/mol. The van der Waals surface area contributed by atoms with Gasteiger partial charge in [-0.15, -0.1) is 0 Å². The predicted molar refractivity (Wildman–Crippen MR) is 103 cm³/mol. The molecule has 2 aromatic rings. The standard InChI is InChI=1S/C20H24N2O4S/c1-14-12-17(14)18-10-8-16(26-18)9-11-20(23)21-13-15-6-4-5-7-19(15)27(24,25)22(2)3/h4-11,14,17H,12-13H2,1-3H3,(H,21,23)/b11-9+. The zero-order chi connectivity index (χ0) is 19.6. The van der Waals surface area contributed by atoms with Crippen LogP contribution in [0.3, 0.4) is 0 Å². The third-order valence-corrected chi connectivity index (χ3v) is 6.62. The summed E-state index contributed by atoms with van der Waals surface area (Å²) in [6.07, 6.45) is 4.16. The fourth-order valence-electron chi connectivity index (χ4n) is 2.87. The summed E-state index contributed by atoms with van der Waals surface area (Å²) in [4.78, 5) is 12.3. The van der Waals surface area contributed by atoms with Crippen molar-refractivity contribution in [2.24, 2.45) is 5.92 Å². The van der Waals surface area contributed by atoms with E-state index in [9.17, 15) is 13.2 Å². The fourth-order valence-corrected chi connectivity index (χ4v) is 3.99. The molecule has 6 nitrogen and oxygen atoms in total. The third-order valence-electron chi connectivity index (χ3n) is 4.71. The number of furan rings is 1. The molecule has 0 saturated heterocycles. The molecule has 1 heterocycles. The predicted octanol–water partition coefficient (Wildman–Crippen LogP) is 2.98. The Morgan fingerprint density at radius 3 is 2.63 bits per heavy atom. The molecule has 1 saturated carbocycles. The molecule has 0 radical (unpaired) electrons. The Morgan fingerprint density at radius 2 is 1.96 bits per heavy atom. The van der Waals surface area contributed by atoms with Crippen molar-refractivity contribution < 1.29 is 17.6 Å². The van der Waals surface area contributed by atoms with Gasteiger partial charge in [0.2, 0.25) is 15.9 Å². The molecular formula is C20H24N2O4S. The van der Waals surface area contributed by atoms with Crippen LogP contribution in [0.25, 0.3) is 6.08 Å². The summed E-state index contributed by atoms with van der Waals surface area (Å²) in [5.74, 6) is 2.44. The molecule has 1 amide bonds. The number of rotatable bonds is 7. The molecule has 144 valence electrons.